The molecule has 0 atom stereocenters. The number of benzene rings is 1. The van der Waals surface area contributed by atoms with Gasteiger partial charge in [0.25, 0.3) is 0 Å². The molecule has 0 radical (unpaired) electrons. The third kappa shape index (κ3) is 2.17. The Bertz CT molecular complexity index is 620. The third-order valence-electron chi connectivity index (χ3n) is 2.98. The summed E-state index contributed by atoms with van der Waals surface area (Å²) < 4.78 is 17.2. The maximum absolute atomic E-state index is 6.11. The molecule has 2 heterocycles. The van der Waals surface area contributed by atoms with Crippen molar-refractivity contribution >= 4 is 14.7 Å². The summed E-state index contributed by atoms with van der Waals surface area (Å²) in [5.74, 6) is 1.66. The van der Waals surface area contributed by atoms with Gasteiger partial charge in [0.1, 0.15) is 0 Å². The fourth-order valence-electron chi connectivity index (χ4n) is 2.21. The Morgan fingerprint density at radius 2 is 2.11 bits per heavy atom. The predicted octanol–water partition coefficient (Wildman–Crippen LogP) is 2.62. The first-order valence-electron chi connectivity index (χ1n) is 6.30. The molecular formula is C14H16N2O2Se. The summed E-state index contributed by atoms with van der Waals surface area (Å²) in [7, 11) is 0. The molecular weight excluding hydrogens is 307 g/mol. The average molecular weight is 323 g/mol. The van der Waals surface area contributed by atoms with Crippen molar-refractivity contribution in [2.24, 2.45) is 0 Å². The molecule has 1 aromatic heterocycles. The van der Waals surface area contributed by atoms with Gasteiger partial charge in [0.2, 0.25) is 0 Å². The van der Waals surface area contributed by atoms with Gasteiger partial charge in [-0.3, -0.25) is 0 Å². The van der Waals surface area contributed by atoms with Crippen LogP contribution in [0.4, 0.5) is 0 Å². The molecule has 3 rings (SSSR count). The van der Waals surface area contributed by atoms with Gasteiger partial charge >= 0.3 is 118 Å². The van der Waals surface area contributed by atoms with E-state index >= 15 is 0 Å². The second-order valence-corrected chi connectivity index (χ2v) is 6.97. The molecule has 0 saturated heterocycles. The van der Waals surface area contributed by atoms with Crippen molar-refractivity contribution in [3.05, 3.63) is 22.6 Å². The number of nitrogens with zero attached hydrogens (tertiary/aromatic N) is 2. The minimum atomic E-state index is -0.331. The van der Waals surface area contributed by atoms with Crippen LogP contribution in [0.2, 0.25) is 0 Å². The number of hydrogen-bond acceptors (Lipinski definition) is 4. The third-order valence-corrected chi connectivity index (χ3v) is 5.14. The van der Waals surface area contributed by atoms with Crippen molar-refractivity contribution in [1.29, 1.82) is 0 Å². The zero-order valence-corrected chi connectivity index (χ0v) is 13.1. The van der Waals surface area contributed by atoms with Crippen LogP contribution in [0, 0.1) is 0 Å². The molecule has 0 spiro atoms. The number of fused-ring (bicyclic) bond motifs is 3. The Balaban J connectivity index is 2.09. The molecule has 0 fully saturated rings. The summed E-state index contributed by atoms with van der Waals surface area (Å²) in [5.41, 5.74) is 1.68. The topological polar surface area (TPSA) is 44.2 Å². The first kappa shape index (κ1) is 12.7. The first-order valence-corrected chi connectivity index (χ1v) is 7.92. The normalized spacial score (nSPS) is 15.6. The van der Waals surface area contributed by atoms with Crippen molar-refractivity contribution in [2.45, 2.75) is 39.4 Å². The van der Waals surface area contributed by atoms with E-state index in [1.165, 1.54) is 4.44 Å². The van der Waals surface area contributed by atoms with Gasteiger partial charge in [-0.2, -0.15) is 0 Å². The molecule has 5 heteroatoms. The molecule has 1 aliphatic rings. The summed E-state index contributed by atoms with van der Waals surface area (Å²) in [6, 6.07) is 5.92. The van der Waals surface area contributed by atoms with Crippen LogP contribution in [-0.2, 0) is 5.60 Å². The van der Waals surface area contributed by atoms with Crippen molar-refractivity contribution in [2.75, 3.05) is 0 Å². The van der Waals surface area contributed by atoms with Crippen LogP contribution in [0.5, 0.6) is 11.5 Å². The SMILES string of the molecule is CC(C)Oc1ccc2c(c1)OC(C)(C)c1[se]nnc1-2. The van der Waals surface area contributed by atoms with E-state index < -0.39 is 0 Å². The number of rotatable bonds is 2. The zero-order valence-electron chi connectivity index (χ0n) is 11.4. The van der Waals surface area contributed by atoms with Crippen molar-refractivity contribution in [3.8, 4) is 22.8 Å². The molecule has 1 aliphatic heterocycles. The molecule has 4 nitrogen and oxygen atoms in total. The molecule has 2 aromatic rings. The van der Waals surface area contributed by atoms with Gasteiger partial charge in [0.05, 0.1) is 0 Å². The predicted molar refractivity (Wildman–Crippen MR) is 73.8 cm³/mol. The Morgan fingerprint density at radius 1 is 1.32 bits per heavy atom. The van der Waals surface area contributed by atoms with Gasteiger partial charge in [-0.25, -0.2) is 0 Å². The molecule has 0 aliphatic carbocycles. The quantitative estimate of drug-likeness (QED) is 0.797. The zero-order chi connectivity index (χ0) is 13.6. The maximum atomic E-state index is 6.11. The molecule has 0 unspecified atom stereocenters. The van der Waals surface area contributed by atoms with Crippen LogP contribution in [0.15, 0.2) is 18.2 Å². The van der Waals surface area contributed by atoms with Crippen LogP contribution in [0.1, 0.15) is 32.1 Å². The van der Waals surface area contributed by atoms with E-state index in [2.05, 4.69) is 23.0 Å². The standard InChI is InChI=1S/C14H16N2O2Se/c1-8(2)17-9-5-6-10-11(7-9)18-14(3,4)13-12(10)15-16-19-13/h5-8H,1-4H3. The van der Waals surface area contributed by atoms with E-state index in [4.69, 9.17) is 9.47 Å². The molecule has 0 N–H and O–H groups in total. The molecule has 0 bridgehead atoms. The van der Waals surface area contributed by atoms with Crippen molar-refractivity contribution in [1.82, 2.24) is 9.19 Å². The van der Waals surface area contributed by atoms with Crippen molar-refractivity contribution < 1.29 is 9.47 Å². The summed E-state index contributed by atoms with van der Waals surface area (Å²) >= 11 is 0.0592. The Hall–Kier alpha value is -1.32. The van der Waals surface area contributed by atoms with Crippen LogP contribution < -0.4 is 9.47 Å². The summed E-state index contributed by atoms with van der Waals surface area (Å²) in [5, 5.41) is 4.30. The molecule has 100 valence electrons. The fourth-order valence-corrected chi connectivity index (χ4v) is 3.69. The van der Waals surface area contributed by atoms with Crippen LogP contribution in [0.25, 0.3) is 11.3 Å². The Labute approximate surface area is 118 Å². The van der Waals surface area contributed by atoms with Gasteiger partial charge in [0, 0.05) is 0 Å². The van der Waals surface area contributed by atoms with E-state index in [1.807, 2.05) is 32.0 Å². The minimum absolute atomic E-state index is 0.0592. The van der Waals surface area contributed by atoms with Crippen LogP contribution in [-0.4, -0.2) is 30.0 Å². The average Bonchev–Trinajstić information content (AvgIpc) is 2.77. The van der Waals surface area contributed by atoms with E-state index in [0.29, 0.717) is 0 Å². The van der Waals surface area contributed by atoms with Gasteiger partial charge < -0.3 is 0 Å². The van der Waals surface area contributed by atoms with E-state index in [0.717, 1.165) is 22.8 Å². The number of hydrogen-bond donors (Lipinski definition) is 0. The summed E-state index contributed by atoms with van der Waals surface area (Å²) in [6.07, 6.45) is 0.152. The number of aromatic nitrogens is 2. The van der Waals surface area contributed by atoms with Gasteiger partial charge in [-0.15, -0.1) is 0 Å². The molecule has 19 heavy (non-hydrogen) atoms. The second kappa shape index (κ2) is 4.36. The van der Waals surface area contributed by atoms with Crippen LogP contribution in [0.3, 0.4) is 0 Å². The van der Waals surface area contributed by atoms with Crippen LogP contribution >= 0.6 is 0 Å². The van der Waals surface area contributed by atoms with E-state index in [9.17, 15) is 0 Å². The van der Waals surface area contributed by atoms with Gasteiger partial charge in [0.15, 0.2) is 0 Å². The Morgan fingerprint density at radius 3 is 2.84 bits per heavy atom. The summed E-state index contributed by atoms with van der Waals surface area (Å²) in [6.45, 7) is 8.16. The monoisotopic (exact) mass is 324 g/mol. The molecule has 0 amide bonds. The fraction of sp³-hybridized carbons (Fsp3) is 0.429. The summed E-state index contributed by atoms with van der Waals surface area (Å²) in [4.78, 5) is 0. The van der Waals surface area contributed by atoms with E-state index in [-0.39, 0.29) is 26.4 Å². The molecule has 1 aromatic carbocycles. The molecule has 0 saturated carbocycles. The number of ether oxygens (including phenoxy) is 2. The van der Waals surface area contributed by atoms with Crippen molar-refractivity contribution in [3.63, 3.8) is 0 Å². The second-order valence-electron chi connectivity index (χ2n) is 5.39. The van der Waals surface area contributed by atoms with E-state index in [1.54, 1.807) is 0 Å². The van der Waals surface area contributed by atoms with Gasteiger partial charge in [-0.1, -0.05) is 0 Å². The first-order chi connectivity index (χ1) is 8.97. The van der Waals surface area contributed by atoms with Gasteiger partial charge in [-0.05, 0) is 0 Å². The Kier molecular flexibility index (Phi) is 2.91.